The van der Waals surface area contributed by atoms with E-state index in [1.54, 1.807) is 7.05 Å². The van der Waals surface area contributed by atoms with Crippen LogP contribution in [0.1, 0.15) is 12.5 Å². The minimum atomic E-state index is -1.52. The lowest BCUT2D eigenvalue weighted by atomic mass is 10.2. The minimum Gasteiger partial charge on any atom is -0.373 e. The monoisotopic (exact) mass is 282 g/mol. The van der Waals surface area contributed by atoms with E-state index in [1.807, 2.05) is 6.92 Å². The molecule has 7 heteroatoms. The summed E-state index contributed by atoms with van der Waals surface area (Å²) in [5, 5.41) is 5.55. The molecule has 0 aliphatic carbocycles. The van der Waals surface area contributed by atoms with E-state index in [-0.39, 0.29) is 5.69 Å². The van der Waals surface area contributed by atoms with Crippen LogP contribution in [0.5, 0.6) is 0 Å². The van der Waals surface area contributed by atoms with Crippen molar-refractivity contribution in [1.29, 1.82) is 0 Å². The first-order valence-electron chi connectivity index (χ1n) is 6.00. The quantitative estimate of drug-likeness (QED) is 0.845. The number of rotatable bonds is 4. The van der Waals surface area contributed by atoms with E-state index < -0.39 is 17.5 Å². The zero-order valence-electron chi connectivity index (χ0n) is 11.0. The van der Waals surface area contributed by atoms with Crippen molar-refractivity contribution in [2.75, 3.05) is 17.7 Å². The average molecular weight is 282 g/mol. The summed E-state index contributed by atoms with van der Waals surface area (Å²) in [6.45, 7) is 1.88. The summed E-state index contributed by atoms with van der Waals surface area (Å²) < 4.78 is 39.7. The summed E-state index contributed by atoms with van der Waals surface area (Å²) in [7, 11) is 1.70. The molecule has 4 nitrogen and oxygen atoms in total. The second-order valence-corrected chi connectivity index (χ2v) is 4.00. The molecule has 20 heavy (non-hydrogen) atoms. The van der Waals surface area contributed by atoms with E-state index in [0.29, 0.717) is 18.1 Å². The molecule has 0 saturated carbocycles. The van der Waals surface area contributed by atoms with Gasteiger partial charge in [0.05, 0.1) is 5.69 Å². The molecule has 1 aromatic heterocycles. The predicted molar refractivity (Wildman–Crippen MR) is 70.6 cm³/mol. The molecule has 2 N–H and O–H groups in total. The Morgan fingerprint density at radius 1 is 1.05 bits per heavy atom. The van der Waals surface area contributed by atoms with Gasteiger partial charge in [0.2, 0.25) is 0 Å². The zero-order valence-corrected chi connectivity index (χ0v) is 11.0. The molecule has 2 aromatic rings. The maximum Gasteiger partial charge on any atom is 0.196 e. The molecule has 0 spiro atoms. The fraction of sp³-hybridized carbons (Fsp3) is 0.231. The molecule has 0 fully saturated rings. The van der Waals surface area contributed by atoms with Gasteiger partial charge in [-0.25, -0.2) is 23.1 Å². The van der Waals surface area contributed by atoms with Crippen molar-refractivity contribution in [2.24, 2.45) is 0 Å². The van der Waals surface area contributed by atoms with Crippen molar-refractivity contribution in [3.05, 3.63) is 41.5 Å². The summed E-state index contributed by atoms with van der Waals surface area (Å²) in [5.41, 5.74) is 0.540. The molecule has 0 radical (unpaired) electrons. The second kappa shape index (κ2) is 5.77. The van der Waals surface area contributed by atoms with Crippen LogP contribution < -0.4 is 10.6 Å². The third-order valence-electron chi connectivity index (χ3n) is 2.82. The highest BCUT2D eigenvalue weighted by Crippen LogP contribution is 2.26. The molecule has 0 aliphatic rings. The number of halogens is 3. The minimum absolute atomic E-state index is 0.181. The Kier molecular flexibility index (Phi) is 4.07. The normalized spacial score (nSPS) is 10.4. The summed E-state index contributed by atoms with van der Waals surface area (Å²) in [5.74, 6) is -3.10. The van der Waals surface area contributed by atoms with Gasteiger partial charge < -0.3 is 10.6 Å². The summed E-state index contributed by atoms with van der Waals surface area (Å²) in [6, 6.07) is 1.97. The van der Waals surface area contributed by atoms with Crippen LogP contribution in [0.4, 0.5) is 30.5 Å². The Morgan fingerprint density at radius 2 is 1.75 bits per heavy atom. The third kappa shape index (κ3) is 2.52. The van der Waals surface area contributed by atoms with Gasteiger partial charge in [-0.05, 0) is 18.6 Å². The second-order valence-electron chi connectivity index (χ2n) is 4.00. The molecule has 0 saturated heterocycles. The topological polar surface area (TPSA) is 49.8 Å². The van der Waals surface area contributed by atoms with Crippen LogP contribution >= 0.6 is 0 Å². The number of benzene rings is 1. The molecule has 1 heterocycles. The van der Waals surface area contributed by atoms with Crippen LogP contribution in [-0.4, -0.2) is 17.0 Å². The van der Waals surface area contributed by atoms with Gasteiger partial charge in [-0.3, -0.25) is 0 Å². The third-order valence-corrected chi connectivity index (χ3v) is 2.82. The molecule has 0 aliphatic heterocycles. The van der Waals surface area contributed by atoms with Crippen molar-refractivity contribution in [2.45, 2.75) is 13.3 Å². The predicted octanol–water partition coefficient (Wildman–Crippen LogP) is 3.24. The van der Waals surface area contributed by atoms with Crippen molar-refractivity contribution < 1.29 is 13.2 Å². The smallest absolute Gasteiger partial charge is 0.196 e. The van der Waals surface area contributed by atoms with Crippen molar-refractivity contribution in [3.8, 4) is 0 Å². The molecular formula is C13H13F3N4. The summed E-state index contributed by atoms with van der Waals surface area (Å²) >= 11 is 0. The Balaban J connectivity index is 2.43. The highest BCUT2D eigenvalue weighted by Gasteiger charge is 2.16. The Bertz CT molecular complexity index is 631. The van der Waals surface area contributed by atoms with Crippen LogP contribution in [0.25, 0.3) is 0 Å². The number of nitrogens with one attached hydrogen (secondary N) is 2. The van der Waals surface area contributed by atoms with Gasteiger partial charge in [-0.15, -0.1) is 0 Å². The van der Waals surface area contributed by atoms with Crippen molar-refractivity contribution in [3.63, 3.8) is 0 Å². The summed E-state index contributed by atoms with van der Waals surface area (Å²) in [6.07, 6.45) is 1.88. The number of hydrogen-bond acceptors (Lipinski definition) is 4. The number of hydrogen-bond donors (Lipinski definition) is 2. The average Bonchev–Trinajstić information content (AvgIpc) is 2.47. The van der Waals surface area contributed by atoms with E-state index >= 15 is 0 Å². The molecule has 1 aromatic carbocycles. The Hall–Kier alpha value is -2.31. The number of nitrogens with zero attached hydrogens (tertiary/aromatic N) is 2. The van der Waals surface area contributed by atoms with Crippen LogP contribution in [0.3, 0.4) is 0 Å². The van der Waals surface area contributed by atoms with E-state index in [4.69, 9.17) is 0 Å². The first-order valence-corrected chi connectivity index (χ1v) is 6.00. The number of aromatic nitrogens is 2. The highest BCUT2D eigenvalue weighted by atomic mass is 19.2. The lowest BCUT2D eigenvalue weighted by Gasteiger charge is -2.13. The Labute approximate surface area is 114 Å². The molecule has 0 amide bonds. The zero-order chi connectivity index (χ0) is 14.7. The fourth-order valence-electron chi connectivity index (χ4n) is 1.82. The van der Waals surface area contributed by atoms with Crippen LogP contribution in [0.2, 0.25) is 0 Å². The first-order chi connectivity index (χ1) is 9.58. The maximum atomic E-state index is 13.6. The Morgan fingerprint density at radius 3 is 2.40 bits per heavy atom. The molecule has 0 bridgehead atoms. The molecule has 0 unspecified atom stereocenters. The molecule has 0 atom stereocenters. The lowest BCUT2D eigenvalue weighted by Crippen LogP contribution is -2.06. The van der Waals surface area contributed by atoms with E-state index in [0.717, 1.165) is 17.7 Å². The van der Waals surface area contributed by atoms with Crippen LogP contribution in [-0.2, 0) is 6.42 Å². The summed E-state index contributed by atoms with van der Waals surface area (Å²) in [4.78, 5) is 8.04. The largest absolute Gasteiger partial charge is 0.373 e. The van der Waals surface area contributed by atoms with Gasteiger partial charge in [-0.2, -0.15) is 0 Å². The van der Waals surface area contributed by atoms with Gasteiger partial charge in [0.15, 0.2) is 17.5 Å². The van der Waals surface area contributed by atoms with E-state index in [2.05, 4.69) is 20.6 Å². The SMILES string of the molecule is CCc1c(NC)ncnc1Nc1ccc(F)c(F)c1F. The molecule has 2 rings (SSSR count). The number of anilines is 3. The van der Waals surface area contributed by atoms with Crippen LogP contribution in [0.15, 0.2) is 18.5 Å². The van der Waals surface area contributed by atoms with E-state index in [1.165, 1.54) is 6.33 Å². The standard InChI is InChI=1S/C13H13F3N4/c1-3-7-12(17-2)18-6-19-13(7)20-9-5-4-8(14)10(15)11(9)16/h4-6H,3H2,1-2H3,(H2,17,18,19,20). The van der Waals surface area contributed by atoms with Gasteiger partial charge in [0, 0.05) is 12.6 Å². The van der Waals surface area contributed by atoms with Gasteiger partial charge in [0.1, 0.15) is 18.0 Å². The molecular weight excluding hydrogens is 269 g/mol. The van der Waals surface area contributed by atoms with Crippen molar-refractivity contribution >= 4 is 17.3 Å². The fourth-order valence-corrected chi connectivity index (χ4v) is 1.82. The van der Waals surface area contributed by atoms with Gasteiger partial charge in [-0.1, -0.05) is 6.92 Å². The van der Waals surface area contributed by atoms with Crippen LogP contribution in [0, 0.1) is 17.5 Å². The van der Waals surface area contributed by atoms with E-state index in [9.17, 15) is 13.2 Å². The first kappa shape index (κ1) is 14.1. The maximum absolute atomic E-state index is 13.6. The lowest BCUT2D eigenvalue weighted by molar-refractivity contribution is 0.449. The van der Waals surface area contributed by atoms with Gasteiger partial charge >= 0.3 is 0 Å². The van der Waals surface area contributed by atoms with Crippen molar-refractivity contribution in [1.82, 2.24) is 9.97 Å². The highest BCUT2D eigenvalue weighted by molar-refractivity contribution is 5.65. The molecule has 106 valence electrons. The van der Waals surface area contributed by atoms with Gasteiger partial charge in [0.25, 0.3) is 0 Å².